The topological polar surface area (TPSA) is 192 Å². The van der Waals surface area contributed by atoms with Crippen LogP contribution in [0, 0.1) is 25.7 Å². The molecule has 5 aliphatic rings. The second-order valence-corrected chi connectivity index (χ2v) is 23.8. The molecule has 2 unspecified atom stereocenters. The van der Waals surface area contributed by atoms with Gasteiger partial charge in [0.15, 0.2) is 11.5 Å². The molecule has 79 heavy (non-hydrogen) atoms. The molecular weight excluding hydrogens is 1070 g/mol. The third-order valence-electron chi connectivity index (χ3n) is 15.6. The van der Waals surface area contributed by atoms with Crippen LogP contribution in [0.4, 0.5) is 14.6 Å². The normalized spacial score (nSPS) is 20.5. The number of hydrogen-bond donors (Lipinski definition) is 3. The third kappa shape index (κ3) is 11.2. The Balaban J connectivity index is 0.619. The van der Waals surface area contributed by atoms with Crippen molar-refractivity contribution in [3.05, 3.63) is 123 Å². The van der Waals surface area contributed by atoms with Gasteiger partial charge in [0, 0.05) is 89.8 Å². The van der Waals surface area contributed by atoms with E-state index >= 15 is 0 Å². The zero-order chi connectivity index (χ0) is 55.5. The monoisotopic (exact) mass is 1130 g/mol. The number of aryl methyl sites for hydroxylation is 2. The smallest absolute Gasteiger partial charge is 0.395 e. The summed E-state index contributed by atoms with van der Waals surface area (Å²) >= 11 is 9.65. The zero-order valence-electron chi connectivity index (χ0n) is 43.8. The number of amides is 6. The van der Waals surface area contributed by atoms with Gasteiger partial charge in [-0.3, -0.25) is 43.6 Å². The fourth-order valence-electron chi connectivity index (χ4n) is 11.1. The number of nitrogens with one attached hydrogen (secondary N) is 3. The highest BCUT2D eigenvalue weighted by Crippen LogP contribution is 2.53. The van der Waals surface area contributed by atoms with E-state index < -0.39 is 11.7 Å². The van der Waals surface area contributed by atoms with Crippen LogP contribution < -0.4 is 25.4 Å². The van der Waals surface area contributed by atoms with Crippen molar-refractivity contribution >= 4 is 86.2 Å². The standard InChI is InChI=1S/C58H57ClF2N8O8S2/c1-31-8-11-48(66-56(75)57(14-15-57)37-9-10-46-47(22-37)77-58(60,61)76-46)65-51(31)35-6-5-7-36(21-35)53(72)64-18-17-63-49(70)30-78-19-13-50(71)67-26-33(3)68(34(4)27-67)29-44-32(2)20-38(59)23-41(44)40-12-16-62-45-24-39(79-52(40)45)28-69-54(73)42-25-43(42)55(69)74/h5-12,16,20-24,33-34,42-43H,13-15,17-19,25-30H2,1-4H3,(H,63,70)(H,64,72)(H,65,66,75)/t33-,34-,42?,43?/m0/s1. The van der Waals surface area contributed by atoms with Gasteiger partial charge in [-0.05, 0) is 129 Å². The van der Waals surface area contributed by atoms with Crippen molar-refractivity contribution in [1.29, 1.82) is 0 Å². The number of alkyl halides is 2. The van der Waals surface area contributed by atoms with Crippen molar-refractivity contribution < 1.29 is 47.0 Å². The highest BCUT2D eigenvalue weighted by molar-refractivity contribution is 7.99. The molecule has 410 valence electrons. The minimum atomic E-state index is -3.76. The molecule has 4 atom stereocenters. The lowest BCUT2D eigenvalue weighted by Crippen LogP contribution is -2.57. The Bertz CT molecular complexity index is 3450. The van der Waals surface area contributed by atoms with Crippen molar-refractivity contribution in [3.8, 4) is 33.9 Å². The average molecular weight is 1130 g/mol. The molecule has 6 aromatic rings. The first-order chi connectivity index (χ1) is 37.8. The summed E-state index contributed by atoms with van der Waals surface area (Å²) in [6, 6.07) is 22.8. The third-order valence-corrected chi connectivity index (χ3v) is 17.9. The lowest BCUT2D eigenvalue weighted by Gasteiger charge is -2.45. The van der Waals surface area contributed by atoms with Gasteiger partial charge in [-0.15, -0.1) is 20.1 Å². The summed E-state index contributed by atoms with van der Waals surface area (Å²) in [5.74, 6) is -0.582. The minimum absolute atomic E-state index is 0.0364. The van der Waals surface area contributed by atoms with Crippen LogP contribution in [0.15, 0.2) is 85.1 Å². The van der Waals surface area contributed by atoms with E-state index in [2.05, 4.69) is 56.1 Å². The molecule has 3 N–H and O–H groups in total. The second-order valence-electron chi connectivity index (χ2n) is 21.1. The lowest BCUT2D eigenvalue weighted by molar-refractivity contribution is -0.286. The van der Waals surface area contributed by atoms with Gasteiger partial charge in [0.2, 0.25) is 29.5 Å². The number of rotatable bonds is 18. The molecule has 0 spiro atoms. The predicted octanol–water partition coefficient (Wildman–Crippen LogP) is 8.88. The maximum absolute atomic E-state index is 13.7. The first-order valence-electron chi connectivity index (χ1n) is 26.3. The highest BCUT2D eigenvalue weighted by Gasteiger charge is 2.59. The molecule has 4 fully saturated rings. The van der Waals surface area contributed by atoms with Gasteiger partial charge in [0.25, 0.3) is 5.91 Å². The second kappa shape index (κ2) is 21.6. The van der Waals surface area contributed by atoms with E-state index in [1.807, 2.05) is 48.2 Å². The first kappa shape index (κ1) is 54.0. The molecule has 2 aliphatic carbocycles. The quantitative estimate of drug-likeness (QED) is 0.0548. The summed E-state index contributed by atoms with van der Waals surface area (Å²) in [7, 11) is 0. The minimum Gasteiger partial charge on any atom is -0.395 e. The number of pyridine rings is 2. The number of likely N-dealkylation sites (tertiary alicyclic amines) is 1. The molecule has 6 amide bonds. The fourth-order valence-corrected chi connectivity index (χ4v) is 13.2. The van der Waals surface area contributed by atoms with E-state index in [0.717, 1.165) is 42.9 Å². The summed E-state index contributed by atoms with van der Waals surface area (Å²) in [6.45, 7) is 10.6. The van der Waals surface area contributed by atoms with Crippen LogP contribution in [0.5, 0.6) is 11.5 Å². The van der Waals surface area contributed by atoms with Gasteiger partial charge >= 0.3 is 6.29 Å². The Morgan fingerprint density at radius 1 is 0.848 bits per heavy atom. The number of fused-ring (bicyclic) bond motifs is 3. The number of ether oxygens (including phenoxy) is 2. The van der Waals surface area contributed by atoms with Crippen LogP contribution in [-0.4, -0.2) is 116 Å². The molecule has 0 bridgehead atoms. The Kier molecular flexibility index (Phi) is 14.7. The number of piperazine rings is 1. The van der Waals surface area contributed by atoms with E-state index in [9.17, 15) is 37.5 Å². The van der Waals surface area contributed by atoms with E-state index in [-0.39, 0.29) is 96.2 Å². The van der Waals surface area contributed by atoms with Gasteiger partial charge in [-0.1, -0.05) is 35.9 Å². The van der Waals surface area contributed by atoms with Gasteiger partial charge < -0.3 is 30.3 Å². The maximum atomic E-state index is 13.7. The van der Waals surface area contributed by atoms with Gasteiger partial charge in [0.05, 0.1) is 45.5 Å². The number of imide groups is 1. The number of nitrogens with zero attached hydrogens (tertiary/aromatic N) is 5. The SMILES string of the molecule is Cc1ccc(NC(=O)C2(c3ccc4c(c3)OC(F)(F)O4)CC2)nc1-c1cccc(C(=O)NCCNC(=O)CSCCC(=O)N2C[C@H](C)N(Cc3c(C)cc(Cl)cc3-c3ccnc4cc(CN5C(=O)C6CC6C5=O)sc34)[C@@H](C)C2)c1. The molecule has 16 nitrogen and oxygen atoms in total. The van der Waals surface area contributed by atoms with Gasteiger partial charge in [0.1, 0.15) is 5.82 Å². The van der Waals surface area contributed by atoms with Crippen LogP contribution in [0.25, 0.3) is 32.6 Å². The highest BCUT2D eigenvalue weighted by atomic mass is 35.5. The molecule has 0 radical (unpaired) electrons. The molecule has 11 rings (SSSR count). The molecule has 2 saturated carbocycles. The molecule has 6 heterocycles. The number of hydrogen-bond acceptors (Lipinski definition) is 13. The number of aromatic nitrogens is 2. The van der Waals surface area contributed by atoms with E-state index in [1.165, 1.54) is 28.8 Å². The fraction of sp³-hybridized carbons (Fsp3) is 0.379. The molecule has 2 saturated heterocycles. The summed E-state index contributed by atoms with van der Waals surface area (Å²) in [5, 5.41) is 9.19. The maximum Gasteiger partial charge on any atom is 0.586 e. The van der Waals surface area contributed by atoms with Crippen LogP contribution in [0.1, 0.15) is 77.0 Å². The van der Waals surface area contributed by atoms with Crippen molar-refractivity contribution in [2.75, 3.05) is 43.0 Å². The largest absolute Gasteiger partial charge is 0.586 e. The molecule has 3 aromatic carbocycles. The van der Waals surface area contributed by atoms with Crippen molar-refractivity contribution in [1.82, 2.24) is 35.3 Å². The number of carbonyl (C=O) groups is 6. The number of thioether (sulfide) groups is 1. The van der Waals surface area contributed by atoms with Gasteiger partial charge in [-0.2, -0.15) is 11.8 Å². The molecule has 21 heteroatoms. The van der Waals surface area contributed by atoms with E-state index in [0.29, 0.717) is 84.3 Å². The Morgan fingerprint density at radius 2 is 1.59 bits per heavy atom. The van der Waals surface area contributed by atoms with Crippen LogP contribution in [0.3, 0.4) is 0 Å². The summed E-state index contributed by atoms with van der Waals surface area (Å²) < 4.78 is 37.4. The number of benzene rings is 3. The Morgan fingerprint density at radius 3 is 2.35 bits per heavy atom. The number of carbonyl (C=O) groups excluding carboxylic acids is 6. The van der Waals surface area contributed by atoms with Crippen LogP contribution in [-0.2, 0) is 42.5 Å². The van der Waals surface area contributed by atoms with Gasteiger partial charge in [-0.25, -0.2) is 4.98 Å². The Hall–Kier alpha value is -7.00. The number of thiophene rings is 1. The summed E-state index contributed by atoms with van der Waals surface area (Å²) in [4.78, 5) is 94.7. The Labute approximate surface area is 467 Å². The van der Waals surface area contributed by atoms with Crippen LogP contribution >= 0.6 is 34.7 Å². The van der Waals surface area contributed by atoms with Crippen molar-refractivity contribution in [2.45, 2.75) is 90.3 Å². The van der Waals surface area contributed by atoms with Crippen molar-refractivity contribution in [2.24, 2.45) is 11.8 Å². The number of halogens is 3. The number of piperidine rings is 1. The van der Waals surface area contributed by atoms with Crippen LogP contribution in [0.2, 0.25) is 5.02 Å². The predicted molar refractivity (Wildman–Crippen MR) is 297 cm³/mol. The van der Waals surface area contributed by atoms with E-state index in [4.69, 9.17) is 16.6 Å². The molecule has 3 aromatic heterocycles. The molecule has 3 aliphatic heterocycles. The lowest BCUT2D eigenvalue weighted by atomic mass is 9.94. The van der Waals surface area contributed by atoms with E-state index in [1.54, 1.807) is 47.9 Å². The molecular formula is C58H57ClF2N8O8S2. The average Bonchev–Trinajstić information content (AvgIpc) is 4.52. The number of anilines is 1. The van der Waals surface area contributed by atoms with Crippen molar-refractivity contribution in [3.63, 3.8) is 0 Å². The summed E-state index contributed by atoms with van der Waals surface area (Å²) in [5.41, 5.74) is 6.96. The first-order valence-corrected chi connectivity index (χ1v) is 28.7. The zero-order valence-corrected chi connectivity index (χ0v) is 46.2. The summed E-state index contributed by atoms with van der Waals surface area (Å²) in [6.07, 6.45) is 0.0117.